The van der Waals surface area contributed by atoms with E-state index in [4.69, 9.17) is 4.84 Å². The minimum absolute atomic E-state index is 0.0114. The number of fused-ring (bicyclic) bond motifs is 1. The normalized spacial score (nSPS) is 21.9. The highest BCUT2D eigenvalue weighted by Crippen LogP contribution is 2.39. The van der Waals surface area contributed by atoms with Crippen molar-refractivity contribution >= 4 is 5.78 Å². The van der Waals surface area contributed by atoms with Crippen LogP contribution in [0.4, 0.5) is 0 Å². The molecule has 0 aliphatic heterocycles. The van der Waals surface area contributed by atoms with Crippen molar-refractivity contribution in [1.82, 2.24) is 5.48 Å². The minimum atomic E-state index is -0.869. The van der Waals surface area contributed by atoms with Gasteiger partial charge in [-0.05, 0) is 32.8 Å². The number of carbonyl (C=O) groups excluding carboxylic acids is 1. The third kappa shape index (κ3) is 3.01. The number of allylic oxidation sites excluding steroid dienone is 1. The maximum atomic E-state index is 12.1. The second-order valence-corrected chi connectivity index (χ2v) is 6.41. The molecule has 1 atom stereocenters. The summed E-state index contributed by atoms with van der Waals surface area (Å²) >= 11 is 0. The molecule has 0 bridgehead atoms. The highest BCUT2D eigenvalue weighted by atomic mass is 16.7. The van der Waals surface area contributed by atoms with Crippen molar-refractivity contribution in [2.24, 2.45) is 0 Å². The van der Waals surface area contributed by atoms with Crippen molar-refractivity contribution in [3.05, 3.63) is 47.2 Å². The van der Waals surface area contributed by atoms with Crippen LogP contribution in [0, 0.1) is 0 Å². The van der Waals surface area contributed by atoms with Crippen molar-refractivity contribution < 1.29 is 14.7 Å². The number of carbonyl (C=O) groups is 1. The maximum absolute atomic E-state index is 12.1. The van der Waals surface area contributed by atoms with Gasteiger partial charge in [0, 0.05) is 11.6 Å². The summed E-state index contributed by atoms with van der Waals surface area (Å²) in [7, 11) is 0. The van der Waals surface area contributed by atoms with Gasteiger partial charge >= 0.3 is 0 Å². The van der Waals surface area contributed by atoms with E-state index in [0.717, 1.165) is 12.0 Å². The molecule has 1 unspecified atom stereocenters. The van der Waals surface area contributed by atoms with Gasteiger partial charge in [-0.2, -0.15) is 5.48 Å². The minimum Gasteiger partial charge on any atom is -0.510 e. The summed E-state index contributed by atoms with van der Waals surface area (Å²) in [6.45, 7) is 7.83. The van der Waals surface area contributed by atoms with Gasteiger partial charge in [-0.3, -0.25) is 9.63 Å². The monoisotopic (exact) mass is 289 g/mol. The maximum Gasteiger partial charge on any atom is 0.189 e. The summed E-state index contributed by atoms with van der Waals surface area (Å²) in [5.74, 6) is -0.162. The van der Waals surface area contributed by atoms with Crippen molar-refractivity contribution in [2.75, 3.05) is 0 Å². The zero-order valence-electron chi connectivity index (χ0n) is 13.1. The quantitative estimate of drug-likeness (QED) is 0.831. The summed E-state index contributed by atoms with van der Waals surface area (Å²) < 4.78 is 0. The van der Waals surface area contributed by atoms with Crippen LogP contribution in [0.2, 0.25) is 0 Å². The number of hydrogen-bond donors (Lipinski definition) is 2. The van der Waals surface area contributed by atoms with Gasteiger partial charge in [-0.25, -0.2) is 0 Å². The van der Waals surface area contributed by atoms with Crippen molar-refractivity contribution in [3.63, 3.8) is 0 Å². The van der Waals surface area contributed by atoms with Crippen LogP contribution in [-0.2, 0) is 10.4 Å². The Morgan fingerprint density at radius 2 is 1.95 bits per heavy atom. The van der Waals surface area contributed by atoms with E-state index < -0.39 is 11.1 Å². The van der Waals surface area contributed by atoms with Gasteiger partial charge in [0.2, 0.25) is 0 Å². The fourth-order valence-electron chi connectivity index (χ4n) is 2.57. The first kappa shape index (κ1) is 15.7. The fourth-order valence-corrected chi connectivity index (χ4v) is 2.57. The van der Waals surface area contributed by atoms with Gasteiger partial charge in [0.25, 0.3) is 0 Å². The van der Waals surface area contributed by atoms with Crippen LogP contribution in [0.15, 0.2) is 36.1 Å². The lowest BCUT2D eigenvalue weighted by Crippen LogP contribution is -2.49. The zero-order chi connectivity index (χ0) is 15.7. The molecule has 2 rings (SSSR count). The summed E-state index contributed by atoms with van der Waals surface area (Å²) in [5.41, 5.74) is 3.13. The standard InChI is InChI=1S/C17H23NO3/c1-5-10-17(18-21-16(2,3)4)13-9-7-6-8-12(13)14(19)11-15(17)20/h6-9,11,18,20H,5,10H2,1-4H3. The van der Waals surface area contributed by atoms with Gasteiger partial charge in [-0.15, -0.1) is 0 Å². The number of hydrogen-bond acceptors (Lipinski definition) is 4. The van der Waals surface area contributed by atoms with E-state index in [1.165, 1.54) is 6.08 Å². The molecule has 2 N–H and O–H groups in total. The molecule has 1 aliphatic rings. The van der Waals surface area contributed by atoms with Crippen molar-refractivity contribution in [1.29, 1.82) is 0 Å². The number of aliphatic hydroxyl groups excluding tert-OH is 1. The van der Waals surface area contributed by atoms with E-state index in [0.29, 0.717) is 12.0 Å². The molecule has 1 aromatic carbocycles. The smallest absolute Gasteiger partial charge is 0.189 e. The van der Waals surface area contributed by atoms with Gasteiger partial charge < -0.3 is 5.11 Å². The summed E-state index contributed by atoms with van der Waals surface area (Å²) in [6, 6.07) is 7.34. The molecule has 21 heavy (non-hydrogen) atoms. The molecule has 0 heterocycles. The highest BCUT2D eigenvalue weighted by Gasteiger charge is 2.43. The van der Waals surface area contributed by atoms with E-state index in [2.05, 4.69) is 5.48 Å². The molecule has 0 saturated carbocycles. The first-order valence-corrected chi connectivity index (χ1v) is 7.30. The number of hydroxylamine groups is 1. The number of benzene rings is 1. The number of nitrogens with one attached hydrogen (secondary N) is 1. The number of aliphatic hydroxyl groups is 1. The molecular formula is C17H23NO3. The predicted molar refractivity (Wildman–Crippen MR) is 82.0 cm³/mol. The van der Waals surface area contributed by atoms with E-state index in [9.17, 15) is 9.90 Å². The third-order valence-electron chi connectivity index (χ3n) is 3.51. The van der Waals surface area contributed by atoms with E-state index >= 15 is 0 Å². The molecule has 0 aromatic heterocycles. The van der Waals surface area contributed by atoms with Gasteiger partial charge in [0.15, 0.2) is 5.78 Å². The van der Waals surface area contributed by atoms with Crippen molar-refractivity contribution in [3.8, 4) is 0 Å². The Balaban J connectivity index is 2.51. The molecule has 1 aromatic rings. The van der Waals surface area contributed by atoms with Crippen LogP contribution >= 0.6 is 0 Å². The largest absolute Gasteiger partial charge is 0.510 e. The lowest BCUT2D eigenvalue weighted by atomic mass is 9.77. The first-order chi connectivity index (χ1) is 9.80. The van der Waals surface area contributed by atoms with E-state index in [-0.39, 0.29) is 11.5 Å². The highest BCUT2D eigenvalue weighted by molar-refractivity contribution is 6.07. The van der Waals surface area contributed by atoms with Crippen LogP contribution in [0.3, 0.4) is 0 Å². The molecule has 114 valence electrons. The first-order valence-electron chi connectivity index (χ1n) is 7.30. The third-order valence-corrected chi connectivity index (χ3v) is 3.51. The molecule has 4 heteroatoms. The molecule has 0 saturated heterocycles. The van der Waals surface area contributed by atoms with Crippen LogP contribution in [0.5, 0.6) is 0 Å². The van der Waals surface area contributed by atoms with E-state index in [1.54, 1.807) is 6.07 Å². The Kier molecular flexibility index (Phi) is 4.21. The molecule has 4 nitrogen and oxygen atoms in total. The van der Waals surface area contributed by atoms with Crippen LogP contribution < -0.4 is 5.48 Å². The summed E-state index contributed by atoms with van der Waals surface area (Å²) in [5, 5.41) is 10.5. The van der Waals surface area contributed by atoms with Gasteiger partial charge in [0.1, 0.15) is 11.3 Å². The summed E-state index contributed by atoms with van der Waals surface area (Å²) in [6.07, 6.45) is 2.76. The second-order valence-electron chi connectivity index (χ2n) is 6.41. The second kappa shape index (κ2) is 5.62. The molecule has 0 fully saturated rings. The average molecular weight is 289 g/mol. The van der Waals surface area contributed by atoms with Gasteiger partial charge in [0.05, 0.1) is 5.60 Å². The Morgan fingerprint density at radius 3 is 2.57 bits per heavy atom. The average Bonchev–Trinajstić information content (AvgIpc) is 2.41. The molecular weight excluding hydrogens is 266 g/mol. The lowest BCUT2D eigenvalue weighted by molar-refractivity contribution is -0.116. The Hall–Kier alpha value is -1.65. The van der Waals surface area contributed by atoms with Crippen LogP contribution in [0.25, 0.3) is 0 Å². The Labute approximate surface area is 125 Å². The SMILES string of the molecule is CCCC1(NOC(C)(C)C)C(O)=CC(=O)c2ccccc21. The van der Waals surface area contributed by atoms with Crippen LogP contribution in [-0.4, -0.2) is 16.5 Å². The lowest BCUT2D eigenvalue weighted by Gasteiger charge is -2.39. The van der Waals surface area contributed by atoms with E-state index in [1.807, 2.05) is 45.9 Å². The number of ketones is 1. The molecule has 0 spiro atoms. The van der Waals surface area contributed by atoms with Crippen molar-refractivity contribution in [2.45, 2.75) is 51.7 Å². The summed E-state index contributed by atoms with van der Waals surface area (Å²) in [4.78, 5) is 17.8. The Morgan fingerprint density at radius 1 is 1.29 bits per heavy atom. The Bertz CT molecular complexity index is 572. The zero-order valence-corrected chi connectivity index (χ0v) is 13.1. The molecule has 0 amide bonds. The number of rotatable bonds is 4. The molecule has 1 aliphatic carbocycles. The van der Waals surface area contributed by atoms with Crippen LogP contribution in [0.1, 0.15) is 56.5 Å². The molecule has 0 radical (unpaired) electrons. The van der Waals surface area contributed by atoms with Gasteiger partial charge in [-0.1, -0.05) is 37.6 Å². The topological polar surface area (TPSA) is 58.6 Å². The fraction of sp³-hybridized carbons (Fsp3) is 0.471. The predicted octanol–water partition coefficient (Wildman–Crippen LogP) is 3.64.